The average molecular weight is 789 g/mol. The van der Waals surface area contributed by atoms with Crippen molar-refractivity contribution in [3.8, 4) is 23.0 Å². The van der Waals surface area contributed by atoms with E-state index in [0.717, 1.165) is 45.8 Å². The third-order valence-corrected chi connectivity index (χ3v) is 8.60. The molecule has 6 rings (SSSR count). The number of carbonyl (C=O) groups excluding carboxylic acids is 5. The van der Waals surface area contributed by atoms with Crippen LogP contribution in [-0.4, -0.2) is 54.4 Å². The Balaban J connectivity index is 0.000000214. The Morgan fingerprint density at radius 2 is 1.38 bits per heavy atom. The predicted octanol–water partition coefficient (Wildman–Crippen LogP) is 9.69. The van der Waals surface area contributed by atoms with Crippen molar-refractivity contribution in [3.63, 3.8) is 0 Å². The van der Waals surface area contributed by atoms with E-state index in [4.69, 9.17) is 20.1 Å². The Labute approximate surface area is 338 Å². The standard InChI is InChI=1S/C17H21NO3.C11H11NO.C10H10O2.C9H10O3/c1-3-5-13-11-18-16-9-8-14(10-15(13)16)21-17(20)7-4-6-12(2)19;1-8(13)6-9-7-12-11-5-3-2-4-10(9)11;1-8(11)2-3-9-4-6-10(12)7-5-9;1-5-3-7(6(2)10)4-8(11)9(5)12/h8-11,18H,3-7H2,1-2H3;2-5,7,12H,6H2,1H3;2-7,12H,1H3;3-4,11-12H,1-2H3/b;;3-2+;. The van der Waals surface area contributed by atoms with Crippen LogP contribution in [0.4, 0.5) is 0 Å². The number of esters is 1. The number of ketones is 4. The first-order chi connectivity index (χ1) is 27.6. The zero-order valence-electron chi connectivity index (χ0n) is 33.8. The van der Waals surface area contributed by atoms with E-state index in [-0.39, 0.29) is 52.8 Å². The van der Waals surface area contributed by atoms with Crippen molar-refractivity contribution in [1.82, 2.24) is 9.97 Å². The normalized spacial score (nSPS) is 10.4. The number of fused-ring (bicyclic) bond motifs is 2. The topological polar surface area (TPSA) is 187 Å². The van der Waals surface area contributed by atoms with Crippen LogP contribution in [0.5, 0.6) is 23.0 Å². The summed E-state index contributed by atoms with van der Waals surface area (Å²) in [6.45, 7) is 9.81. The van der Waals surface area contributed by atoms with Crippen molar-refractivity contribution >= 4 is 57.0 Å². The smallest absolute Gasteiger partial charge is 0.311 e. The first-order valence-corrected chi connectivity index (χ1v) is 18.9. The first kappa shape index (κ1) is 45.6. The molecule has 0 bridgehead atoms. The SMILES string of the molecule is CC(=O)/C=C/c1ccc(O)cc1.CC(=O)Cc1c[nH]c2ccccc12.CC(=O)c1cc(C)c(O)c(O)c1.CCCc1c[nH]c2ccc(OC(=O)CCCC(C)=O)cc12. The summed E-state index contributed by atoms with van der Waals surface area (Å²) in [6.07, 6.45) is 10.9. The monoisotopic (exact) mass is 788 g/mol. The first-order valence-electron chi connectivity index (χ1n) is 18.9. The van der Waals surface area contributed by atoms with E-state index in [0.29, 0.717) is 36.1 Å². The molecule has 0 radical (unpaired) electrons. The highest BCUT2D eigenvalue weighted by Gasteiger charge is 2.10. The molecule has 0 spiro atoms. The Morgan fingerprint density at radius 1 is 0.724 bits per heavy atom. The molecule has 58 heavy (non-hydrogen) atoms. The van der Waals surface area contributed by atoms with Gasteiger partial charge in [0.05, 0.1) is 0 Å². The summed E-state index contributed by atoms with van der Waals surface area (Å²) >= 11 is 0. The lowest BCUT2D eigenvalue weighted by Gasteiger charge is -2.05. The van der Waals surface area contributed by atoms with Crippen molar-refractivity contribution < 1.29 is 44.0 Å². The molecule has 6 aromatic rings. The molecule has 5 N–H and O–H groups in total. The predicted molar refractivity (Wildman–Crippen MR) is 227 cm³/mol. The number of phenols is 3. The van der Waals surface area contributed by atoms with Gasteiger partial charge in [-0.05, 0) is 124 Å². The van der Waals surface area contributed by atoms with E-state index in [1.54, 1.807) is 50.3 Å². The van der Waals surface area contributed by atoms with Crippen molar-refractivity contribution in [3.05, 3.63) is 125 Å². The molecule has 0 amide bonds. The van der Waals surface area contributed by atoms with Crippen molar-refractivity contribution in [1.29, 1.82) is 0 Å². The van der Waals surface area contributed by atoms with Gasteiger partial charge in [0.1, 0.15) is 23.1 Å². The van der Waals surface area contributed by atoms with Crippen LogP contribution in [0, 0.1) is 6.92 Å². The molecule has 0 aliphatic rings. The number of rotatable bonds is 12. The van der Waals surface area contributed by atoms with Crippen molar-refractivity contribution in [2.24, 2.45) is 0 Å². The van der Waals surface area contributed by atoms with Gasteiger partial charge in [-0.1, -0.05) is 49.8 Å². The number of aromatic amines is 2. The molecule has 2 heterocycles. The number of hydrogen-bond acceptors (Lipinski definition) is 9. The van der Waals surface area contributed by atoms with Crippen LogP contribution in [0.3, 0.4) is 0 Å². The van der Waals surface area contributed by atoms with E-state index >= 15 is 0 Å². The van der Waals surface area contributed by atoms with E-state index in [1.165, 1.54) is 44.5 Å². The van der Waals surface area contributed by atoms with Gasteiger partial charge in [-0.25, -0.2) is 0 Å². The number of para-hydroxylation sites is 1. The van der Waals surface area contributed by atoms with Crippen LogP contribution in [0.1, 0.15) is 92.9 Å². The zero-order chi connectivity index (χ0) is 42.8. The average Bonchev–Trinajstić information content (AvgIpc) is 3.77. The molecule has 0 atom stereocenters. The minimum atomic E-state index is -0.289. The van der Waals surface area contributed by atoms with E-state index in [2.05, 4.69) is 16.9 Å². The Bertz CT molecular complexity index is 2340. The van der Waals surface area contributed by atoms with Crippen LogP contribution < -0.4 is 4.74 Å². The molecule has 0 unspecified atom stereocenters. The number of phenolic OH excluding ortho intramolecular Hbond substituents is 3. The van der Waals surface area contributed by atoms with Crippen LogP contribution in [0.25, 0.3) is 27.9 Å². The molecule has 304 valence electrons. The van der Waals surface area contributed by atoms with Gasteiger partial charge in [-0.2, -0.15) is 0 Å². The van der Waals surface area contributed by atoms with Crippen LogP contribution >= 0.6 is 0 Å². The zero-order valence-corrected chi connectivity index (χ0v) is 33.8. The highest BCUT2D eigenvalue weighted by atomic mass is 16.5. The van der Waals surface area contributed by atoms with E-state index in [1.807, 2.05) is 48.8 Å². The van der Waals surface area contributed by atoms with Gasteiger partial charge in [0.2, 0.25) is 0 Å². The molecule has 11 nitrogen and oxygen atoms in total. The van der Waals surface area contributed by atoms with Gasteiger partial charge in [-0.15, -0.1) is 0 Å². The second kappa shape index (κ2) is 22.7. The summed E-state index contributed by atoms with van der Waals surface area (Å²) in [5.41, 5.74) is 6.28. The molecule has 11 heteroatoms. The lowest BCUT2D eigenvalue weighted by molar-refractivity contribution is -0.134. The summed E-state index contributed by atoms with van der Waals surface area (Å²) in [5.74, 6) is 0.271. The summed E-state index contributed by atoms with van der Waals surface area (Å²) in [7, 11) is 0. The number of carbonyl (C=O) groups is 5. The fourth-order valence-electron chi connectivity index (χ4n) is 5.67. The van der Waals surface area contributed by atoms with Gasteiger partial charge in [0.15, 0.2) is 23.1 Å². The summed E-state index contributed by atoms with van der Waals surface area (Å²) in [5, 5.41) is 29.5. The van der Waals surface area contributed by atoms with Crippen LogP contribution in [0.15, 0.2) is 97.3 Å². The minimum Gasteiger partial charge on any atom is -0.508 e. The molecule has 0 saturated carbocycles. The second-order valence-corrected chi connectivity index (χ2v) is 13.8. The molecule has 0 saturated heterocycles. The molecule has 4 aromatic carbocycles. The fourth-order valence-corrected chi connectivity index (χ4v) is 5.67. The Hall–Kier alpha value is -6.75. The van der Waals surface area contributed by atoms with Gasteiger partial charge in [-0.3, -0.25) is 19.2 Å². The highest BCUT2D eigenvalue weighted by molar-refractivity contribution is 5.95. The number of aryl methyl sites for hydroxylation is 2. The number of aromatic nitrogens is 2. The lowest BCUT2D eigenvalue weighted by atomic mass is 10.1. The molecule has 2 aromatic heterocycles. The quantitative estimate of drug-likeness (QED) is 0.0265. The molecular weight excluding hydrogens is 737 g/mol. The minimum absolute atomic E-state index is 0.0167. The summed E-state index contributed by atoms with van der Waals surface area (Å²) < 4.78 is 5.34. The van der Waals surface area contributed by atoms with Crippen LogP contribution in [-0.2, 0) is 32.0 Å². The number of aromatic hydroxyl groups is 3. The Morgan fingerprint density at radius 3 is 1.98 bits per heavy atom. The van der Waals surface area contributed by atoms with E-state index in [9.17, 15) is 24.0 Å². The van der Waals surface area contributed by atoms with Crippen molar-refractivity contribution in [2.75, 3.05) is 0 Å². The fraction of sp³-hybridized carbons (Fsp3) is 0.255. The van der Waals surface area contributed by atoms with Gasteiger partial charge in [0, 0.05) is 59.0 Å². The van der Waals surface area contributed by atoms with Gasteiger partial charge >= 0.3 is 5.97 Å². The number of ether oxygens (including phenoxy) is 1. The maximum absolute atomic E-state index is 11.7. The maximum Gasteiger partial charge on any atom is 0.311 e. The lowest BCUT2D eigenvalue weighted by Crippen LogP contribution is -2.08. The van der Waals surface area contributed by atoms with Gasteiger partial charge < -0.3 is 34.8 Å². The van der Waals surface area contributed by atoms with Crippen molar-refractivity contribution in [2.45, 2.75) is 80.1 Å². The number of nitrogens with one attached hydrogen (secondary N) is 2. The summed E-state index contributed by atoms with van der Waals surface area (Å²) in [4.78, 5) is 61.3. The number of hydrogen-bond donors (Lipinski definition) is 5. The maximum atomic E-state index is 11.7. The highest BCUT2D eigenvalue weighted by Crippen LogP contribution is 2.30. The molecule has 0 aliphatic carbocycles. The molecule has 0 aliphatic heterocycles. The summed E-state index contributed by atoms with van der Waals surface area (Å²) in [6, 6.07) is 23.1. The van der Waals surface area contributed by atoms with Gasteiger partial charge in [0.25, 0.3) is 0 Å². The number of benzene rings is 4. The number of H-pyrrole nitrogens is 2. The number of allylic oxidation sites excluding steroid dienone is 1. The number of Topliss-reactive ketones (excluding diaryl/α,β-unsaturated/α-hetero) is 3. The largest absolute Gasteiger partial charge is 0.508 e. The van der Waals surface area contributed by atoms with Crippen LogP contribution in [0.2, 0.25) is 0 Å². The van der Waals surface area contributed by atoms with E-state index < -0.39 is 0 Å². The third-order valence-electron chi connectivity index (χ3n) is 8.60. The molecule has 0 fully saturated rings. The second-order valence-electron chi connectivity index (χ2n) is 13.8. The molecular formula is C47H52N2O9. The third kappa shape index (κ3) is 15.1. The Kier molecular flexibility index (Phi) is 17.9.